The Balaban J connectivity index is 1.58. The molecular weight excluding hydrogens is 421 g/mol. The maximum Gasteiger partial charge on any atom is 0.253 e. The van der Waals surface area contributed by atoms with Crippen LogP contribution in [-0.4, -0.2) is 19.1 Å². The topological polar surface area (TPSA) is 47.6 Å². The van der Waals surface area contributed by atoms with E-state index in [-0.39, 0.29) is 11.9 Å². The largest absolute Gasteiger partial charge is 0.486 e. The van der Waals surface area contributed by atoms with E-state index < -0.39 is 0 Å². The molecule has 1 unspecified atom stereocenters. The molecule has 0 fully saturated rings. The number of hydrogen-bond donors (Lipinski definition) is 1. The maximum absolute atomic E-state index is 13.0. The van der Waals surface area contributed by atoms with Crippen LogP contribution < -0.4 is 14.8 Å². The van der Waals surface area contributed by atoms with Crippen LogP contribution >= 0.6 is 23.2 Å². The SMILES string of the molecule is O=C(NC(CCc1ccccc1)c1ccc2c(c1)OCCO2)c1ccc(Cl)cc1Cl. The van der Waals surface area contributed by atoms with Crippen LogP contribution in [0.5, 0.6) is 11.5 Å². The molecule has 154 valence electrons. The summed E-state index contributed by atoms with van der Waals surface area (Å²) in [6.45, 7) is 1.05. The summed E-state index contributed by atoms with van der Waals surface area (Å²) in [4.78, 5) is 13.0. The summed E-state index contributed by atoms with van der Waals surface area (Å²) in [6, 6.07) is 20.6. The first-order valence-corrected chi connectivity index (χ1v) is 10.5. The van der Waals surface area contributed by atoms with E-state index >= 15 is 0 Å². The van der Waals surface area contributed by atoms with Gasteiger partial charge in [0.2, 0.25) is 0 Å². The van der Waals surface area contributed by atoms with Crippen LogP contribution in [0.2, 0.25) is 10.0 Å². The molecule has 1 aliphatic rings. The Labute approximate surface area is 185 Å². The lowest BCUT2D eigenvalue weighted by Gasteiger charge is -2.23. The zero-order valence-corrected chi connectivity index (χ0v) is 17.7. The van der Waals surface area contributed by atoms with E-state index in [1.165, 1.54) is 5.56 Å². The fourth-order valence-electron chi connectivity index (χ4n) is 3.46. The summed E-state index contributed by atoms with van der Waals surface area (Å²) in [5.74, 6) is 1.17. The minimum absolute atomic E-state index is 0.222. The molecule has 6 heteroatoms. The van der Waals surface area contributed by atoms with E-state index in [1.807, 2.05) is 36.4 Å². The molecule has 0 aliphatic carbocycles. The second kappa shape index (κ2) is 9.41. The Bertz CT molecular complexity index is 1040. The lowest BCUT2D eigenvalue weighted by molar-refractivity contribution is 0.0934. The van der Waals surface area contributed by atoms with Gasteiger partial charge in [0.25, 0.3) is 5.91 Å². The Kier molecular flexibility index (Phi) is 6.46. The van der Waals surface area contributed by atoms with Gasteiger partial charge in [-0.05, 0) is 54.3 Å². The van der Waals surface area contributed by atoms with Gasteiger partial charge in [0.1, 0.15) is 13.2 Å². The van der Waals surface area contributed by atoms with Crippen LogP contribution in [0, 0.1) is 0 Å². The highest BCUT2D eigenvalue weighted by atomic mass is 35.5. The van der Waals surface area contributed by atoms with Crippen molar-refractivity contribution in [2.24, 2.45) is 0 Å². The molecule has 1 heterocycles. The molecule has 0 bridgehead atoms. The van der Waals surface area contributed by atoms with Crippen LogP contribution in [0.3, 0.4) is 0 Å². The quantitative estimate of drug-likeness (QED) is 0.520. The molecule has 1 atom stereocenters. The van der Waals surface area contributed by atoms with Crippen LogP contribution in [0.1, 0.15) is 33.9 Å². The van der Waals surface area contributed by atoms with Crippen molar-refractivity contribution in [1.29, 1.82) is 0 Å². The van der Waals surface area contributed by atoms with Crippen molar-refractivity contribution in [3.05, 3.63) is 93.5 Å². The Morgan fingerprint density at radius 3 is 2.47 bits per heavy atom. The fourth-order valence-corrected chi connectivity index (χ4v) is 3.96. The van der Waals surface area contributed by atoms with E-state index in [9.17, 15) is 4.79 Å². The minimum atomic E-state index is -0.246. The number of carbonyl (C=O) groups is 1. The highest BCUT2D eigenvalue weighted by Crippen LogP contribution is 2.34. The number of nitrogens with one attached hydrogen (secondary N) is 1. The lowest BCUT2D eigenvalue weighted by atomic mass is 9.98. The molecule has 0 aromatic heterocycles. The van der Waals surface area contributed by atoms with Gasteiger partial charge < -0.3 is 14.8 Å². The molecule has 4 rings (SSSR count). The molecule has 0 saturated carbocycles. The van der Waals surface area contributed by atoms with E-state index in [0.717, 1.165) is 24.2 Å². The molecular formula is C24H21Cl2NO3. The minimum Gasteiger partial charge on any atom is -0.486 e. The maximum atomic E-state index is 13.0. The van der Waals surface area contributed by atoms with Gasteiger partial charge in [0.15, 0.2) is 11.5 Å². The standard InChI is InChI=1S/C24H21Cl2NO3/c25-18-8-9-19(20(26)15-18)24(28)27-21(10-6-16-4-2-1-3-5-16)17-7-11-22-23(14-17)30-13-12-29-22/h1-5,7-9,11,14-15,21H,6,10,12-13H2,(H,27,28). The van der Waals surface area contributed by atoms with Gasteiger partial charge in [-0.25, -0.2) is 0 Å². The number of hydrogen-bond acceptors (Lipinski definition) is 3. The summed E-state index contributed by atoms with van der Waals surface area (Å²) >= 11 is 12.2. The third-order valence-corrected chi connectivity index (χ3v) is 5.56. The van der Waals surface area contributed by atoms with Gasteiger partial charge in [-0.2, -0.15) is 0 Å². The van der Waals surface area contributed by atoms with Crippen LogP contribution in [0.25, 0.3) is 0 Å². The van der Waals surface area contributed by atoms with Crippen LogP contribution in [0.15, 0.2) is 66.7 Å². The highest BCUT2D eigenvalue weighted by Gasteiger charge is 2.21. The number of amides is 1. The second-order valence-corrected chi connectivity index (χ2v) is 7.92. The van der Waals surface area contributed by atoms with E-state index in [2.05, 4.69) is 17.4 Å². The number of fused-ring (bicyclic) bond motifs is 1. The number of halogens is 2. The van der Waals surface area contributed by atoms with Crippen LogP contribution in [-0.2, 0) is 6.42 Å². The number of carbonyl (C=O) groups excluding carboxylic acids is 1. The predicted molar refractivity (Wildman–Crippen MR) is 119 cm³/mol. The van der Waals surface area contributed by atoms with Crippen molar-refractivity contribution >= 4 is 29.1 Å². The van der Waals surface area contributed by atoms with Crippen molar-refractivity contribution in [1.82, 2.24) is 5.32 Å². The smallest absolute Gasteiger partial charge is 0.253 e. The third kappa shape index (κ3) is 4.89. The molecule has 4 nitrogen and oxygen atoms in total. The number of aryl methyl sites for hydroxylation is 1. The van der Waals surface area contributed by atoms with E-state index in [1.54, 1.807) is 18.2 Å². The average molecular weight is 442 g/mol. The molecule has 0 radical (unpaired) electrons. The zero-order chi connectivity index (χ0) is 20.9. The monoisotopic (exact) mass is 441 g/mol. The molecule has 3 aromatic carbocycles. The summed E-state index contributed by atoms with van der Waals surface area (Å²) in [5.41, 5.74) is 2.55. The normalized spacial score (nSPS) is 13.5. The van der Waals surface area contributed by atoms with Gasteiger partial charge in [-0.15, -0.1) is 0 Å². The van der Waals surface area contributed by atoms with Gasteiger partial charge in [0.05, 0.1) is 16.6 Å². The first-order valence-electron chi connectivity index (χ1n) is 9.79. The summed E-state index contributed by atoms with van der Waals surface area (Å²) in [7, 11) is 0. The first kappa shape index (κ1) is 20.6. The first-order chi connectivity index (χ1) is 14.6. The van der Waals surface area contributed by atoms with E-state index in [4.69, 9.17) is 32.7 Å². The van der Waals surface area contributed by atoms with Crippen molar-refractivity contribution < 1.29 is 14.3 Å². The summed E-state index contributed by atoms with van der Waals surface area (Å²) in [6.07, 6.45) is 1.54. The Morgan fingerprint density at radius 1 is 0.933 bits per heavy atom. The molecule has 0 spiro atoms. The molecule has 1 aliphatic heterocycles. The number of rotatable bonds is 6. The third-order valence-electron chi connectivity index (χ3n) is 5.01. The van der Waals surface area contributed by atoms with E-state index in [0.29, 0.717) is 34.6 Å². The van der Waals surface area contributed by atoms with Gasteiger partial charge in [-0.1, -0.05) is 59.6 Å². The van der Waals surface area contributed by atoms with Crippen molar-refractivity contribution in [3.8, 4) is 11.5 Å². The molecule has 1 N–H and O–H groups in total. The Morgan fingerprint density at radius 2 is 1.70 bits per heavy atom. The predicted octanol–water partition coefficient (Wildman–Crippen LogP) is 5.87. The zero-order valence-electron chi connectivity index (χ0n) is 16.2. The molecule has 30 heavy (non-hydrogen) atoms. The number of ether oxygens (including phenoxy) is 2. The fraction of sp³-hybridized carbons (Fsp3) is 0.208. The van der Waals surface area contributed by atoms with Crippen LogP contribution in [0.4, 0.5) is 0 Å². The van der Waals surface area contributed by atoms with Crippen molar-refractivity contribution in [2.45, 2.75) is 18.9 Å². The molecule has 1 amide bonds. The van der Waals surface area contributed by atoms with Crippen molar-refractivity contribution in [3.63, 3.8) is 0 Å². The average Bonchev–Trinajstić information content (AvgIpc) is 2.77. The van der Waals surface area contributed by atoms with Crippen molar-refractivity contribution in [2.75, 3.05) is 13.2 Å². The summed E-state index contributed by atoms with van der Waals surface area (Å²) in [5, 5.41) is 3.94. The second-order valence-electron chi connectivity index (χ2n) is 7.08. The van der Waals surface area contributed by atoms with Gasteiger partial charge in [-0.3, -0.25) is 4.79 Å². The Hall–Kier alpha value is -2.69. The molecule has 0 saturated heterocycles. The molecule has 3 aromatic rings. The van der Waals surface area contributed by atoms with Gasteiger partial charge in [0, 0.05) is 5.02 Å². The lowest BCUT2D eigenvalue weighted by Crippen LogP contribution is -2.29. The number of benzene rings is 3. The summed E-state index contributed by atoms with van der Waals surface area (Å²) < 4.78 is 11.3. The highest BCUT2D eigenvalue weighted by molar-refractivity contribution is 6.36. The van der Waals surface area contributed by atoms with Gasteiger partial charge >= 0.3 is 0 Å².